The van der Waals surface area contributed by atoms with Gasteiger partial charge in [-0.3, -0.25) is 4.79 Å². The lowest BCUT2D eigenvalue weighted by molar-refractivity contribution is -0.141. The molecule has 1 aromatic heterocycles. The fourth-order valence-corrected chi connectivity index (χ4v) is 1.76. The third kappa shape index (κ3) is 3.60. The molecule has 0 fully saturated rings. The zero-order valence-electron chi connectivity index (χ0n) is 9.15. The van der Waals surface area contributed by atoms with E-state index in [-0.39, 0.29) is 12.0 Å². The summed E-state index contributed by atoms with van der Waals surface area (Å²) in [6.07, 6.45) is 0. The van der Waals surface area contributed by atoms with Gasteiger partial charge in [0.05, 0.1) is 16.6 Å². The molecule has 0 saturated carbocycles. The van der Waals surface area contributed by atoms with Crippen LogP contribution in [0.2, 0.25) is 0 Å². The molecule has 0 aromatic carbocycles. The number of thiazole rings is 1. The van der Waals surface area contributed by atoms with Crippen molar-refractivity contribution in [2.24, 2.45) is 5.92 Å². The standard InChI is InChI=1S/C10H16N2O2S/c1-6(10(13)14)7(2)11-4-9-5-15-8(3)12-9/h5-7,11H,4H2,1-3H3,(H,13,14). The van der Waals surface area contributed by atoms with Crippen LogP contribution in [0.15, 0.2) is 5.38 Å². The molecule has 0 saturated heterocycles. The van der Waals surface area contributed by atoms with Gasteiger partial charge in [0.25, 0.3) is 0 Å². The monoisotopic (exact) mass is 228 g/mol. The smallest absolute Gasteiger partial charge is 0.307 e. The third-order valence-corrected chi connectivity index (χ3v) is 3.23. The minimum absolute atomic E-state index is 0.0514. The SMILES string of the molecule is Cc1nc(CNC(C)C(C)C(=O)O)cs1. The van der Waals surface area contributed by atoms with Crippen LogP contribution in [0.4, 0.5) is 0 Å². The molecule has 0 aliphatic rings. The first-order chi connectivity index (χ1) is 7.00. The van der Waals surface area contributed by atoms with Gasteiger partial charge in [0.15, 0.2) is 0 Å². The Bertz CT molecular complexity index is 338. The predicted molar refractivity (Wildman–Crippen MR) is 60.0 cm³/mol. The van der Waals surface area contributed by atoms with Gasteiger partial charge in [0.2, 0.25) is 0 Å². The van der Waals surface area contributed by atoms with E-state index in [2.05, 4.69) is 10.3 Å². The van der Waals surface area contributed by atoms with E-state index < -0.39 is 5.97 Å². The molecule has 4 nitrogen and oxygen atoms in total. The van der Waals surface area contributed by atoms with Gasteiger partial charge < -0.3 is 10.4 Å². The fourth-order valence-electron chi connectivity index (χ4n) is 1.15. The Morgan fingerprint density at radius 1 is 1.67 bits per heavy atom. The van der Waals surface area contributed by atoms with Crippen LogP contribution in [0.25, 0.3) is 0 Å². The quantitative estimate of drug-likeness (QED) is 0.804. The second-order valence-electron chi connectivity index (χ2n) is 3.65. The highest BCUT2D eigenvalue weighted by molar-refractivity contribution is 7.09. The Morgan fingerprint density at radius 3 is 2.80 bits per heavy atom. The van der Waals surface area contributed by atoms with Gasteiger partial charge in [0.1, 0.15) is 0 Å². The molecule has 0 aliphatic carbocycles. The summed E-state index contributed by atoms with van der Waals surface area (Å²) in [5, 5.41) is 15.0. The first kappa shape index (κ1) is 12.1. The van der Waals surface area contributed by atoms with Crippen LogP contribution in [-0.2, 0) is 11.3 Å². The van der Waals surface area contributed by atoms with Gasteiger partial charge in [0, 0.05) is 18.0 Å². The Morgan fingerprint density at radius 2 is 2.33 bits per heavy atom. The van der Waals surface area contributed by atoms with Crippen molar-refractivity contribution in [1.82, 2.24) is 10.3 Å². The van der Waals surface area contributed by atoms with E-state index in [9.17, 15) is 4.79 Å². The van der Waals surface area contributed by atoms with Crippen LogP contribution in [0.5, 0.6) is 0 Å². The zero-order valence-corrected chi connectivity index (χ0v) is 9.97. The summed E-state index contributed by atoms with van der Waals surface area (Å²) in [6, 6.07) is -0.0514. The summed E-state index contributed by atoms with van der Waals surface area (Å²) < 4.78 is 0. The molecule has 2 unspecified atom stereocenters. The van der Waals surface area contributed by atoms with Crippen LogP contribution < -0.4 is 5.32 Å². The lowest BCUT2D eigenvalue weighted by Gasteiger charge is -2.16. The largest absolute Gasteiger partial charge is 0.481 e. The minimum atomic E-state index is -0.774. The molecule has 1 aromatic rings. The maximum absolute atomic E-state index is 10.7. The van der Waals surface area contributed by atoms with Crippen molar-refractivity contribution >= 4 is 17.3 Å². The van der Waals surface area contributed by atoms with E-state index in [1.165, 1.54) is 0 Å². The van der Waals surface area contributed by atoms with E-state index in [4.69, 9.17) is 5.11 Å². The topological polar surface area (TPSA) is 62.2 Å². The predicted octanol–water partition coefficient (Wildman–Crippen LogP) is 1.65. The summed E-state index contributed by atoms with van der Waals surface area (Å²) >= 11 is 1.60. The number of aliphatic carboxylic acids is 1. The Hall–Kier alpha value is -0.940. The molecule has 2 atom stereocenters. The van der Waals surface area contributed by atoms with Crippen molar-refractivity contribution in [1.29, 1.82) is 0 Å². The van der Waals surface area contributed by atoms with Crippen LogP contribution in [0.1, 0.15) is 24.5 Å². The molecule has 0 bridgehead atoms. The van der Waals surface area contributed by atoms with Gasteiger partial charge in [-0.25, -0.2) is 4.98 Å². The van der Waals surface area contributed by atoms with Crippen molar-refractivity contribution in [3.63, 3.8) is 0 Å². The maximum atomic E-state index is 10.7. The van der Waals surface area contributed by atoms with Crippen molar-refractivity contribution in [2.75, 3.05) is 0 Å². The first-order valence-electron chi connectivity index (χ1n) is 4.88. The summed E-state index contributed by atoms with van der Waals surface area (Å²) in [7, 11) is 0. The first-order valence-corrected chi connectivity index (χ1v) is 5.76. The van der Waals surface area contributed by atoms with Gasteiger partial charge in [-0.05, 0) is 13.8 Å². The summed E-state index contributed by atoms with van der Waals surface area (Å²) in [4.78, 5) is 15.0. The second-order valence-corrected chi connectivity index (χ2v) is 4.72. The summed E-state index contributed by atoms with van der Waals surface area (Å²) in [5.74, 6) is -1.16. The Kier molecular flexibility index (Phi) is 4.23. The zero-order chi connectivity index (χ0) is 11.4. The van der Waals surface area contributed by atoms with E-state index in [0.29, 0.717) is 6.54 Å². The maximum Gasteiger partial charge on any atom is 0.307 e. The molecule has 84 valence electrons. The summed E-state index contributed by atoms with van der Waals surface area (Å²) in [6.45, 7) is 6.16. The fraction of sp³-hybridized carbons (Fsp3) is 0.600. The molecule has 15 heavy (non-hydrogen) atoms. The molecule has 5 heteroatoms. The molecule has 0 radical (unpaired) electrons. The number of rotatable bonds is 5. The molecular weight excluding hydrogens is 212 g/mol. The van der Waals surface area contributed by atoms with Crippen LogP contribution in [0, 0.1) is 12.8 Å². The highest BCUT2D eigenvalue weighted by Gasteiger charge is 2.18. The highest BCUT2D eigenvalue weighted by Crippen LogP contribution is 2.09. The molecule has 0 spiro atoms. The number of aryl methyl sites for hydroxylation is 1. The average molecular weight is 228 g/mol. The van der Waals surface area contributed by atoms with Gasteiger partial charge in [-0.1, -0.05) is 6.92 Å². The van der Waals surface area contributed by atoms with Gasteiger partial charge in [-0.15, -0.1) is 11.3 Å². The van der Waals surface area contributed by atoms with Crippen molar-refractivity contribution in [2.45, 2.75) is 33.4 Å². The number of nitrogens with one attached hydrogen (secondary N) is 1. The van der Waals surface area contributed by atoms with Crippen molar-refractivity contribution in [3.8, 4) is 0 Å². The number of nitrogens with zero attached hydrogens (tertiary/aromatic N) is 1. The van der Waals surface area contributed by atoms with Crippen LogP contribution in [-0.4, -0.2) is 22.1 Å². The summed E-state index contributed by atoms with van der Waals surface area (Å²) in [5.41, 5.74) is 0.974. The van der Waals surface area contributed by atoms with Crippen LogP contribution >= 0.6 is 11.3 Å². The minimum Gasteiger partial charge on any atom is -0.481 e. The van der Waals surface area contributed by atoms with E-state index in [1.807, 2.05) is 19.2 Å². The molecule has 1 rings (SSSR count). The van der Waals surface area contributed by atoms with E-state index in [0.717, 1.165) is 10.7 Å². The van der Waals surface area contributed by atoms with Gasteiger partial charge >= 0.3 is 5.97 Å². The molecule has 0 amide bonds. The lowest BCUT2D eigenvalue weighted by atomic mass is 10.0. The van der Waals surface area contributed by atoms with Gasteiger partial charge in [-0.2, -0.15) is 0 Å². The normalized spacial score (nSPS) is 14.9. The third-order valence-electron chi connectivity index (χ3n) is 2.41. The lowest BCUT2D eigenvalue weighted by Crippen LogP contribution is -2.35. The molecule has 2 N–H and O–H groups in total. The number of carboxylic acids is 1. The van der Waals surface area contributed by atoms with Crippen molar-refractivity contribution in [3.05, 3.63) is 16.1 Å². The number of hydrogen-bond donors (Lipinski definition) is 2. The highest BCUT2D eigenvalue weighted by atomic mass is 32.1. The van der Waals surface area contributed by atoms with Crippen molar-refractivity contribution < 1.29 is 9.90 Å². The van der Waals surface area contributed by atoms with Crippen LogP contribution in [0.3, 0.4) is 0 Å². The second kappa shape index (κ2) is 5.23. The van der Waals surface area contributed by atoms with E-state index >= 15 is 0 Å². The Labute approximate surface area is 93.4 Å². The number of hydrogen-bond acceptors (Lipinski definition) is 4. The van der Waals surface area contributed by atoms with E-state index in [1.54, 1.807) is 18.3 Å². The molecule has 0 aliphatic heterocycles. The molecule has 1 heterocycles. The Balaban J connectivity index is 2.40. The average Bonchev–Trinajstić information content (AvgIpc) is 2.59. The molecular formula is C10H16N2O2S. The number of carboxylic acid groups (broad SMARTS) is 1. The number of aromatic nitrogens is 1. The number of carbonyl (C=O) groups is 1.